The maximum Gasteiger partial charge on any atom is 0.353 e. The van der Waals surface area contributed by atoms with Crippen molar-refractivity contribution in [1.82, 2.24) is 9.29 Å². The SMILES string of the molecule is CC(C)Cc1cc2c(-c3ccc(S(=O)(=O)N(C)C)cc3)c(C(=O)O)[nH]c2s1. The van der Waals surface area contributed by atoms with Crippen LogP contribution in [0.5, 0.6) is 0 Å². The van der Waals surface area contributed by atoms with Gasteiger partial charge < -0.3 is 10.1 Å². The minimum Gasteiger partial charge on any atom is -0.477 e. The molecule has 0 amide bonds. The molecule has 6 nitrogen and oxygen atoms in total. The number of aromatic carboxylic acids is 1. The molecule has 3 rings (SSSR count). The number of aromatic nitrogens is 1. The van der Waals surface area contributed by atoms with Crippen LogP contribution in [-0.4, -0.2) is 42.9 Å². The van der Waals surface area contributed by atoms with E-state index in [0.717, 1.165) is 20.9 Å². The van der Waals surface area contributed by atoms with E-state index in [4.69, 9.17) is 0 Å². The molecule has 1 aromatic carbocycles. The van der Waals surface area contributed by atoms with Crippen molar-refractivity contribution in [2.75, 3.05) is 14.1 Å². The van der Waals surface area contributed by atoms with Crippen LogP contribution in [-0.2, 0) is 16.4 Å². The Bertz CT molecular complexity index is 1090. The summed E-state index contributed by atoms with van der Waals surface area (Å²) in [4.78, 5) is 16.9. The number of hydrogen-bond donors (Lipinski definition) is 2. The first-order valence-corrected chi connectivity index (χ1v) is 10.8. The molecule has 2 heterocycles. The number of carboxylic acid groups (broad SMARTS) is 1. The number of carbonyl (C=O) groups is 1. The minimum atomic E-state index is -3.53. The molecule has 2 aromatic heterocycles. The van der Waals surface area contributed by atoms with Gasteiger partial charge in [0, 0.05) is 29.9 Å². The average Bonchev–Trinajstić information content (AvgIpc) is 3.11. The van der Waals surface area contributed by atoms with Crippen LogP contribution in [0.25, 0.3) is 21.3 Å². The van der Waals surface area contributed by atoms with Gasteiger partial charge in [-0.2, -0.15) is 0 Å². The number of hydrogen-bond acceptors (Lipinski definition) is 4. The summed E-state index contributed by atoms with van der Waals surface area (Å²) in [7, 11) is -0.579. The number of nitrogens with zero attached hydrogens (tertiary/aromatic N) is 1. The Kier molecular flexibility index (Phi) is 5.16. The molecule has 0 saturated carbocycles. The Morgan fingerprint density at radius 2 is 1.85 bits per heavy atom. The molecule has 144 valence electrons. The van der Waals surface area contributed by atoms with E-state index < -0.39 is 16.0 Å². The lowest BCUT2D eigenvalue weighted by atomic mass is 10.0. The zero-order chi connectivity index (χ0) is 19.9. The highest BCUT2D eigenvalue weighted by Gasteiger charge is 2.22. The first-order chi connectivity index (χ1) is 12.6. The van der Waals surface area contributed by atoms with Gasteiger partial charge in [-0.3, -0.25) is 0 Å². The van der Waals surface area contributed by atoms with Crippen LogP contribution in [0.15, 0.2) is 35.2 Å². The third kappa shape index (κ3) is 3.65. The van der Waals surface area contributed by atoms with Crippen LogP contribution in [0.1, 0.15) is 29.2 Å². The molecule has 0 fully saturated rings. The Labute approximate surface area is 162 Å². The first-order valence-electron chi connectivity index (χ1n) is 8.52. The fourth-order valence-electron chi connectivity index (χ4n) is 3.00. The van der Waals surface area contributed by atoms with Crippen LogP contribution in [0.3, 0.4) is 0 Å². The molecular formula is C19H22N2O4S2. The number of rotatable bonds is 6. The second-order valence-corrected chi connectivity index (χ2v) is 10.3. The van der Waals surface area contributed by atoms with E-state index in [1.54, 1.807) is 23.5 Å². The number of aromatic amines is 1. The smallest absolute Gasteiger partial charge is 0.353 e. The number of carboxylic acids is 1. The van der Waals surface area contributed by atoms with E-state index in [9.17, 15) is 18.3 Å². The maximum absolute atomic E-state index is 12.3. The molecule has 0 spiro atoms. The summed E-state index contributed by atoms with van der Waals surface area (Å²) in [5, 5.41) is 10.4. The van der Waals surface area contributed by atoms with Crippen LogP contribution in [0.2, 0.25) is 0 Å². The molecule has 27 heavy (non-hydrogen) atoms. The summed E-state index contributed by atoms with van der Waals surface area (Å²) >= 11 is 1.56. The monoisotopic (exact) mass is 406 g/mol. The second kappa shape index (κ2) is 7.10. The van der Waals surface area contributed by atoms with Gasteiger partial charge in [0.05, 0.1) is 4.90 Å². The van der Waals surface area contributed by atoms with Crippen LogP contribution in [0.4, 0.5) is 0 Å². The lowest BCUT2D eigenvalue weighted by Gasteiger charge is -2.11. The molecule has 0 bridgehead atoms. The number of nitrogens with one attached hydrogen (secondary N) is 1. The van der Waals surface area contributed by atoms with Crippen molar-refractivity contribution < 1.29 is 18.3 Å². The Morgan fingerprint density at radius 1 is 1.22 bits per heavy atom. The van der Waals surface area contributed by atoms with Gasteiger partial charge in [-0.25, -0.2) is 17.5 Å². The van der Waals surface area contributed by atoms with Crippen LogP contribution in [0, 0.1) is 5.92 Å². The summed E-state index contributed by atoms with van der Waals surface area (Å²) in [6.07, 6.45) is 0.926. The summed E-state index contributed by atoms with van der Waals surface area (Å²) in [6, 6.07) is 8.37. The summed E-state index contributed by atoms with van der Waals surface area (Å²) < 4.78 is 25.7. The van der Waals surface area contributed by atoms with E-state index >= 15 is 0 Å². The fraction of sp³-hybridized carbons (Fsp3) is 0.316. The molecular weight excluding hydrogens is 384 g/mol. The molecule has 0 aliphatic rings. The van der Waals surface area contributed by atoms with Gasteiger partial charge in [-0.1, -0.05) is 26.0 Å². The third-order valence-corrected chi connectivity index (χ3v) is 7.19. The van der Waals surface area contributed by atoms with E-state index in [2.05, 4.69) is 18.8 Å². The van der Waals surface area contributed by atoms with Crippen molar-refractivity contribution in [2.24, 2.45) is 5.92 Å². The average molecular weight is 407 g/mol. The number of fused-ring (bicyclic) bond motifs is 1. The van der Waals surface area contributed by atoms with Crippen LogP contribution < -0.4 is 0 Å². The van der Waals surface area contributed by atoms with Crippen molar-refractivity contribution in [3.8, 4) is 11.1 Å². The maximum atomic E-state index is 12.3. The van der Waals surface area contributed by atoms with E-state index in [-0.39, 0.29) is 10.6 Å². The zero-order valence-corrected chi connectivity index (χ0v) is 17.2. The Hall–Kier alpha value is -2.16. The second-order valence-electron chi connectivity index (χ2n) is 7.05. The molecule has 0 aliphatic heterocycles. The number of H-pyrrole nitrogens is 1. The number of thiophene rings is 1. The zero-order valence-electron chi connectivity index (χ0n) is 15.6. The summed E-state index contributed by atoms with van der Waals surface area (Å²) in [5.74, 6) is -0.533. The first kappa shape index (κ1) is 19.6. The highest BCUT2D eigenvalue weighted by atomic mass is 32.2. The van der Waals surface area contributed by atoms with E-state index in [1.807, 2.05) is 6.07 Å². The van der Waals surface area contributed by atoms with Gasteiger partial charge in [0.15, 0.2) is 0 Å². The molecule has 0 atom stereocenters. The normalized spacial score (nSPS) is 12.4. The molecule has 3 aromatic rings. The topological polar surface area (TPSA) is 90.5 Å². The number of sulfonamides is 1. The quantitative estimate of drug-likeness (QED) is 0.646. The number of benzene rings is 1. The highest BCUT2D eigenvalue weighted by Crippen LogP contribution is 2.38. The minimum absolute atomic E-state index is 0.121. The fourth-order valence-corrected chi connectivity index (χ4v) is 5.18. The van der Waals surface area contributed by atoms with Crippen molar-refractivity contribution in [1.29, 1.82) is 0 Å². The Balaban J connectivity index is 2.13. The lowest BCUT2D eigenvalue weighted by molar-refractivity contribution is 0.0692. The van der Waals surface area contributed by atoms with Crippen molar-refractivity contribution in [3.63, 3.8) is 0 Å². The van der Waals surface area contributed by atoms with Gasteiger partial charge in [0.1, 0.15) is 10.5 Å². The van der Waals surface area contributed by atoms with E-state index in [1.165, 1.54) is 31.1 Å². The largest absolute Gasteiger partial charge is 0.477 e. The molecule has 0 radical (unpaired) electrons. The lowest BCUT2D eigenvalue weighted by Crippen LogP contribution is -2.22. The molecule has 2 N–H and O–H groups in total. The van der Waals surface area contributed by atoms with Crippen molar-refractivity contribution in [2.45, 2.75) is 25.2 Å². The van der Waals surface area contributed by atoms with Gasteiger partial charge in [-0.05, 0) is 36.1 Å². The van der Waals surface area contributed by atoms with Crippen molar-refractivity contribution >= 4 is 37.5 Å². The summed E-state index contributed by atoms with van der Waals surface area (Å²) in [6.45, 7) is 4.28. The predicted molar refractivity (Wildman–Crippen MR) is 108 cm³/mol. The molecule has 0 unspecified atom stereocenters. The van der Waals surface area contributed by atoms with Gasteiger partial charge in [0.25, 0.3) is 0 Å². The van der Waals surface area contributed by atoms with Gasteiger partial charge >= 0.3 is 5.97 Å². The third-order valence-electron chi connectivity index (χ3n) is 4.29. The van der Waals surface area contributed by atoms with Gasteiger partial charge in [-0.15, -0.1) is 11.3 Å². The molecule has 0 aliphatic carbocycles. The standard InChI is InChI=1S/C19H22N2O4S2/c1-11(2)9-13-10-15-16(17(19(22)23)20-18(15)26-13)12-5-7-14(8-6-12)27(24,25)21(3)4/h5-8,10-11,20H,9H2,1-4H3,(H,22,23). The highest BCUT2D eigenvalue weighted by molar-refractivity contribution is 7.89. The predicted octanol–water partition coefficient (Wildman–Crippen LogP) is 4.04. The molecule has 8 heteroatoms. The van der Waals surface area contributed by atoms with E-state index in [0.29, 0.717) is 17.0 Å². The molecule has 0 saturated heterocycles. The Morgan fingerprint density at radius 3 is 2.37 bits per heavy atom. The van der Waals surface area contributed by atoms with Crippen LogP contribution >= 0.6 is 11.3 Å². The summed E-state index contributed by atoms with van der Waals surface area (Å²) in [5.41, 5.74) is 1.39. The van der Waals surface area contributed by atoms with Crippen molar-refractivity contribution in [3.05, 3.63) is 40.9 Å². The van der Waals surface area contributed by atoms with Gasteiger partial charge in [0.2, 0.25) is 10.0 Å².